The molecule has 0 spiro atoms. The van der Waals surface area contributed by atoms with Gasteiger partial charge in [-0.2, -0.15) is 0 Å². The van der Waals surface area contributed by atoms with Gasteiger partial charge in [-0.15, -0.1) is 0 Å². The summed E-state index contributed by atoms with van der Waals surface area (Å²) >= 11 is 0. The predicted molar refractivity (Wildman–Crippen MR) is 99.0 cm³/mol. The summed E-state index contributed by atoms with van der Waals surface area (Å²) in [4.78, 5) is 25.9. The molecule has 2 aliphatic rings. The van der Waals surface area contributed by atoms with Crippen molar-refractivity contribution >= 4 is 11.9 Å². The minimum atomic E-state index is 0.0581. The fourth-order valence-corrected chi connectivity index (χ4v) is 3.89. The van der Waals surface area contributed by atoms with Crippen LogP contribution in [0.15, 0.2) is 36.7 Å². The van der Waals surface area contributed by atoms with Gasteiger partial charge in [0, 0.05) is 44.5 Å². The monoisotopic (exact) mass is 352 g/mol. The zero-order valence-electron chi connectivity index (χ0n) is 15.3. The van der Waals surface area contributed by atoms with E-state index in [1.165, 1.54) is 0 Å². The summed E-state index contributed by atoms with van der Waals surface area (Å²) in [6.45, 7) is 5.13. The lowest BCUT2D eigenvalue weighted by molar-refractivity contribution is -0.131. The number of rotatable bonds is 5. The molecular formula is C20H24N4O2. The van der Waals surface area contributed by atoms with Crippen molar-refractivity contribution in [3.05, 3.63) is 47.8 Å². The fourth-order valence-electron chi connectivity index (χ4n) is 3.89. The number of anilines is 1. The molecule has 0 bridgehead atoms. The zero-order valence-corrected chi connectivity index (χ0v) is 15.3. The van der Waals surface area contributed by atoms with Gasteiger partial charge < -0.3 is 14.5 Å². The second-order valence-corrected chi connectivity index (χ2v) is 7.08. The lowest BCUT2D eigenvalue weighted by atomic mass is 10.0. The van der Waals surface area contributed by atoms with E-state index in [2.05, 4.69) is 21.8 Å². The number of fused-ring (bicyclic) bond motifs is 1. The van der Waals surface area contributed by atoms with Crippen LogP contribution in [0.1, 0.15) is 18.1 Å². The molecular weight excluding hydrogens is 328 g/mol. The highest BCUT2D eigenvalue weighted by molar-refractivity contribution is 5.83. The average Bonchev–Trinajstić information content (AvgIpc) is 3.22. The topological polar surface area (TPSA) is 58.6 Å². The van der Waals surface area contributed by atoms with Crippen molar-refractivity contribution in [2.24, 2.45) is 11.8 Å². The molecule has 3 heterocycles. The van der Waals surface area contributed by atoms with E-state index < -0.39 is 0 Å². The maximum absolute atomic E-state index is 12.8. The Morgan fingerprint density at radius 2 is 1.81 bits per heavy atom. The summed E-state index contributed by atoms with van der Waals surface area (Å²) in [5.41, 5.74) is 2.27. The van der Waals surface area contributed by atoms with Crippen molar-refractivity contribution in [2.75, 3.05) is 31.6 Å². The highest BCUT2D eigenvalue weighted by Gasteiger charge is 2.46. The first-order valence-electron chi connectivity index (χ1n) is 9.15. The standard InChI is InChI=1S/C20H24N4O2/c1-3-14-8-21-20(22-9-14)24-12-16-11-23(19(25)18(16)13-24)10-15-4-6-17(26-2)7-5-15/h4-9,16,18H,3,10-13H2,1-2H3/t16-,18+/m0/s1. The van der Waals surface area contributed by atoms with Gasteiger partial charge >= 0.3 is 0 Å². The van der Waals surface area contributed by atoms with Gasteiger partial charge in [-0.25, -0.2) is 9.97 Å². The molecule has 4 rings (SSSR count). The smallest absolute Gasteiger partial charge is 0.228 e. The number of aromatic nitrogens is 2. The largest absolute Gasteiger partial charge is 0.497 e. The predicted octanol–water partition coefficient (Wildman–Crippen LogP) is 2.14. The molecule has 1 amide bonds. The Kier molecular flexibility index (Phi) is 4.49. The molecule has 2 aromatic rings. The second kappa shape index (κ2) is 6.94. The average molecular weight is 352 g/mol. The maximum Gasteiger partial charge on any atom is 0.228 e. The number of ether oxygens (including phenoxy) is 1. The van der Waals surface area contributed by atoms with E-state index in [9.17, 15) is 4.79 Å². The number of hydrogen-bond acceptors (Lipinski definition) is 5. The molecule has 6 nitrogen and oxygen atoms in total. The lowest BCUT2D eigenvalue weighted by Gasteiger charge is -2.22. The fraction of sp³-hybridized carbons (Fsp3) is 0.450. The summed E-state index contributed by atoms with van der Waals surface area (Å²) in [5.74, 6) is 2.24. The third-order valence-corrected chi connectivity index (χ3v) is 5.44. The van der Waals surface area contributed by atoms with Crippen molar-refractivity contribution in [3.63, 3.8) is 0 Å². The highest BCUT2D eigenvalue weighted by Crippen LogP contribution is 2.34. The van der Waals surface area contributed by atoms with Crippen LogP contribution in [0.2, 0.25) is 0 Å². The number of hydrogen-bond donors (Lipinski definition) is 0. The number of aryl methyl sites for hydroxylation is 1. The van der Waals surface area contributed by atoms with Gasteiger partial charge in [-0.05, 0) is 29.7 Å². The zero-order chi connectivity index (χ0) is 18.1. The molecule has 0 aliphatic carbocycles. The van der Waals surface area contributed by atoms with Gasteiger partial charge in [-0.3, -0.25) is 4.79 Å². The lowest BCUT2D eigenvalue weighted by Crippen LogP contribution is -2.33. The van der Waals surface area contributed by atoms with E-state index in [1.807, 2.05) is 41.6 Å². The quantitative estimate of drug-likeness (QED) is 0.825. The van der Waals surface area contributed by atoms with Gasteiger partial charge in [0.25, 0.3) is 0 Å². The molecule has 0 N–H and O–H groups in total. The SMILES string of the molecule is CCc1cnc(N2C[C@@H]3CN(Cc4ccc(OC)cc4)C(=O)[C@@H]3C2)nc1. The number of carbonyl (C=O) groups is 1. The molecule has 0 unspecified atom stereocenters. The minimum Gasteiger partial charge on any atom is -0.497 e. The van der Waals surface area contributed by atoms with Crippen LogP contribution in [0, 0.1) is 11.8 Å². The molecule has 2 saturated heterocycles. The van der Waals surface area contributed by atoms with Crippen LogP contribution in [0.5, 0.6) is 5.75 Å². The third-order valence-electron chi connectivity index (χ3n) is 5.44. The van der Waals surface area contributed by atoms with Crippen LogP contribution < -0.4 is 9.64 Å². The maximum atomic E-state index is 12.8. The van der Waals surface area contributed by atoms with Gasteiger partial charge in [0.1, 0.15) is 5.75 Å². The van der Waals surface area contributed by atoms with Crippen LogP contribution in [-0.2, 0) is 17.8 Å². The van der Waals surface area contributed by atoms with E-state index in [0.29, 0.717) is 19.0 Å². The van der Waals surface area contributed by atoms with E-state index in [1.54, 1.807) is 7.11 Å². The molecule has 2 fully saturated rings. The van der Waals surface area contributed by atoms with Gasteiger partial charge in [0.2, 0.25) is 11.9 Å². The molecule has 0 saturated carbocycles. The number of likely N-dealkylation sites (tertiary alicyclic amines) is 1. The number of methoxy groups -OCH3 is 1. The van der Waals surface area contributed by atoms with E-state index >= 15 is 0 Å². The van der Waals surface area contributed by atoms with E-state index in [4.69, 9.17) is 4.74 Å². The Morgan fingerprint density at radius 1 is 1.08 bits per heavy atom. The Labute approximate surface area is 153 Å². The molecule has 1 aromatic carbocycles. The first kappa shape index (κ1) is 16.8. The molecule has 6 heteroatoms. The normalized spacial score (nSPS) is 22.0. The van der Waals surface area contributed by atoms with Crippen LogP contribution in [-0.4, -0.2) is 47.5 Å². The molecule has 2 aliphatic heterocycles. The van der Waals surface area contributed by atoms with Crippen LogP contribution >= 0.6 is 0 Å². The van der Waals surface area contributed by atoms with Gasteiger partial charge in [-0.1, -0.05) is 19.1 Å². The summed E-state index contributed by atoms with van der Waals surface area (Å²) in [5, 5.41) is 0. The number of benzene rings is 1. The van der Waals surface area contributed by atoms with Crippen molar-refractivity contribution < 1.29 is 9.53 Å². The first-order chi connectivity index (χ1) is 12.7. The van der Waals surface area contributed by atoms with Crippen LogP contribution in [0.3, 0.4) is 0 Å². The number of amides is 1. The molecule has 26 heavy (non-hydrogen) atoms. The molecule has 136 valence electrons. The summed E-state index contributed by atoms with van der Waals surface area (Å²) in [6, 6.07) is 7.93. The number of carbonyl (C=O) groups excluding carboxylic acids is 1. The second-order valence-electron chi connectivity index (χ2n) is 7.08. The van der Waals surface area contributed by atoms with Crippen molar-refractivity contribution in [1.82, 2.24) is 14.9 Å². The minimum absolute atomic E-state index is 0.0581. The Bertz CT molecular complexity index is 775. The summed E-state index contributed by atoms with van der Waals surface area (Å²) < 4.78 is 5.19. The highest BCUT2D eigenvalue weighted by atomic mass is 16.5. The van der Waals surface area contributed by atoms with E-state index in [0.717, 1.165) is 42.3 Å². The Hall–Kier alpha value is -2.63. The van der Waals surface area contributed by atoms with Crippen molar-refractivity contribution in [3.8, 4) is 5.75 Å². The van der Waals surface area contributed by atoms with Crippen molar-refractivity contribution in [1.29, 1.82) is 0 Å². The summed E-state index contributed by atoms with van der Waals surface area (Å²) in [7, 11) is 1.66. The number of nitrogens with zero attached hydrogens (tertiary/aromatic N) is 4. The van der Waals surface area contributed by atoms with Crippen LogP contribution in [0.25, 0.3) is 0 Å². The van der Waals surface area contributed by atoms with E-state index in [-0.39, 0.29) is 11.8 Å². The van der Waals surface area contributed by atoms with Gasteiger partial charge in [0.15, 0.2) is 0 Å². The Morgan fingerprint density at radius 3 is 2.42 bits per heavy atom. The molecule has 1 aromatic heterocycles. The Balaban J connectivity index is 1.39. The third kappa shape index (κ3) is 3.11. The van der Waals surface area contributed by atoms with Gasteiger partial charge in [0.05, 0.1) is 13.0 Å². The molecule has 0 radical (unpaired) electrons. The van der Waals surface area contributed by atoms with Crippen LogP contribution in [0.4, 0.5) is 5.95 Å². The first-order valence-corrected chi connectivity index (χ1v) is 9.15. The van der Waals surface area contributed by atoms with Crippen molar-refractivity contribution in [2.45, 2.75) is 19.9 Å². The summed E-state index contributed by atoms with van der Waals surface area (Å²) in [6.07, 6.45) is 4.70. The molecule has 2 atom stereocenters.